The Morgan fingerprint density at radius 1 is 1.19 bits per heavy atom. The molecule has 128 valence electrons. The van der Waals surface area contributed by atoms with E-state index in [9.17, 15) is 14.9 Å². The minimum absolute atomic E-state index is 0.0246. The highest BCUT2D eigenvalue weighted by Gasteiger charge is 2.13. The van der Waals surface area contributed by atoms with Crippen molar-refractivity contribution in [3.05, 3.63) is 79.5 Å². The van der Waals surface area contributed by atoms with E-state index in [1.165, 1.54) is 29.9 Å². The number of fused-ring (bicyclic) bond motifs is 1. The van der Waals surface area contributed by atoms with E-state index in [0.717, 1.165) is 27.1 Å². The molecule has 0 N–H and O–H groups in total. The quantitative estimate of drug-likeness (QED) is 0.303. The molecule has 0 aliphatic rings. The second-order valence-electron chi connectivity index (χ2n) is 5.27. The maximum absolute atomic E-state index is 12.8. The number of hydrogen-bond donors (Lipinski definition) is 0. The molecule has 0 atom stereocenters. The van der Waals surface area contributed by atoms with E-state index in [2.05, 4.69) is 10.1 Å². The zero-order chi connectivity index (χ0) is 18.1. The number of hydrogen-bond acceptors (Lipinski definition) is 7. The molecule has 0 aliphatic carbocycles. The average molecular weight is 382 g/mol. The molecule has 26 heavy (non-hydrogen) atoms. The van der Waals surface area contributed by atoms with Gasteiger partial charge >= 0.3 is 5.00 Å². The smallest absolute Gasteiger partial charge is 0.267 e. The molecule has 0 bridgehead atoms. The van der Waals surface area contributed by atoms with Gasteiger partial charge in [-0.2, -0.15) is 9.78 Å². The largest absolute Gasteiger partial charge is 0.324 e. The Hall–Kier alpha value is -3.17. The lowest BCUT2D eigenvalue weighted by Gasteiger charge is -2.00. The van der Waals surface area contributed by atoms with Crippen molar-refractivity contribution in [1.29, 1.82) is 0 Å². The van der Waals surface area contributed by atoms with Crippen LogP contribution in [-0.2, 0) is 0 Å². The van der Waals surface area contributed by atoms with Gasteiger partial charge in [0.2, 0.25) is 0 Å². The van der Waals surface area contributed by atoms with Crippen molar-refractivity contribution in [2.75, 3.05) is 0 Å². The molecule has 0 saturated carbocycles. The van der Waals surface area contributed by atoms with E-state index in [0.29, 0.717) is 15.1 Å². The van der Waals surface area contributed by atoms with Crippen LogP contribution in [0.15, 0.2) is 64.1 Å². The first kappa shape index (κ1) is 16.3. The third kappa shape index (κ3) is 2.93. The van der Waals surface area contributed by atoms with Crippen LogP contribution >= 0.6 is 22.7 Å². The third-order valence-corrected chi connectivity index (χ3v) is 5.52. The van der Waals surface area contributed by atoms with Crippen molar-refractivity contribution in [3.8, 4) is 11.1 Å². The van der Waals surface area contributed by atoms with Crippen molar-refractivity contribution in [2.24, 2.45) is 5.10 Å². The molecule has 0 spiro atoms. The zero-order valence-corrected chi connectivity index (χ0v) is 14.7. The molecule has 0 aliphatic heterocycles. The van der Waals surface area contributed by atoms with Crippen LogP contribution in [0.3, 0.4) is 0 Å². The number of nitro groups is 1. The second-order valence-corrected chi connectivity index (χ2v) is 7.22. The van der Waals surface area contributed by atoms with Crippen LogP contribution in [0.1, 0.15) is 4.88 Å². The fraction of sp³-hybridized carbons (Fsp3) is 0. The van der Waals surface area contributed by atoms with Crippen LogP contribution in [0, 0.1) is 10.1 Å². The highest BCUT2D eigenvalue weighted by molar-refractivity contribution is 7.17. The van der Waals surface area contributed by atoms with Gasteiger partial charge in [-0.1, -0.05) is 41.7 Å². The molecule has 0 amide bonds. The zero-order valence-electron chi connectivity index (χ0n) is 13.1. The van der Waals surface area contributed by atoms with E-state index in [4.69, 9.17) is 0 Å². The fourth-order valence-corrected chi connectivity index (χ4v) is 4.06. The lowest BCUT2D eigenvalue weighted by Crippen LogP contribution is -2.16. The van der Waals surface area contributed by atoms with Gasteiger partial charge in [0.25, 0.3) is 5.56 Å². The molecule has 7 nitrogen and oxygen atoms in total. The maximum Gasteiger partial charge on any atom is 0.324 e. The molecule has 3 aromatic heterocycles. The fourth-order valence-electron chi connectivity index (χ4n) is 2.46. The van der Waals surface area contributed by atoms with Crippen LogP contribution in [0.2, 0.25) is 0 Å². The van der Waals surface area contributed by atoms with Crippen molar-refractivity contribution < 1.29 is 4.92 Å². The number of benzene rings is 1. The van der Waals surface area contributed by atoms with E-state index in [1.807, 2.05) is 35.7 Å². The van der Waals surface area contributed by atoms with Crippen molar-refractivity contribution >= 4 is 44.1 Å². The highest BCUT2D eigenvalue weighted by Crippen LogP contribution is 2.30. The monoisotopic (exact) mass is 382 g/mol. The Kier molecular flexibility index (Phi) is 4.15. The summed E-state index contributed by atoms with van der Waals surface area (Å²) in [5, 5.41) is 17.3. The van der Waals surface area contributed by atoms with Gasteiger partial charge in [-0.25, -0.2) is 4.98 Å². The lowest BCUT2D eigenvalue weighted by molar-refractivity contribution is -0.380. The van der Waals surface area contributed by atoms with Gasteiger partial charge in [-0.3, -0.25) is 14.9 Å². The number of rotatable bonds is 4. The molecule has 4 rings (SSSR count). The normalized spacial score (nSPS) is 11.4. The van der Waals surface area contributed by atoms with E-state index >= 15 is 0 Å². The molecular weight excluding hydrogens is 372 g/mol. The van der Waals surface area contributed by atoms with E-state index < -0.39 is 4.92 Å². The summed E-state index contributed by atoms with van der Waals surface area (Å²) in [5.74, 6) is 0. The Morgan fingerprint density at radius 3 is 2.73 bits per heavy atom. The molecular formula is C17H10N4O3S2. The molecule has 0 fully saturated rings. The topological polar surface area (TPSA) is 90.4 Å². The summed E-state index contributed by atoms with van der Waals surface area (Å²) < 4.78 is 1.15. The van der Waals surface area contributed by atoms with Crippen LogP contribution in [-0.4, -0.2) is 20.8 Å². The summed E-state index contributed by atoms with van der Waals surface area (Å²) in [7, 11) is 0. The predicted octanol–water partition coefficient (Wildman–Crippen LogP) is 3.98. The maximum atomic E-state index is 12.8. The summed E-state index contributed by atoms with van der Waals surface area (Å²) in [6.07, 6.45) is 2.77. The summed E-state index contributed by atoms with van der Waals surface area (Å²) in [6, 6.07) is 12.6. The summed E-state index contributed by atoms with van der Waals surface area (Å²) in [6.45, 7) is 0. The van der Waals surface area contributed by atoms with Gasteiger partial charge in [0.1, 0.15) is 11.2 Å². The lowest BCUT2D eigenvalue weighted by atomic mass is 10.1. The molecule has 1 aromatic carbocycles. The SMILES string of the molecule is O=c1c2c(-c3ccccc3)csc2ncn1/N=C\c1ccc([N+](=O)[O-])s1. The minimum Gasteiger partial charge on any atom is -0.267 e. The van der Waals surface area contributed by atoms with Gasteiger partial charge in [-0.05, 0) is 11.6 Å². The Balaban J connectivity index is 1.77. The summed E-state index contributed by atoms with van der Waals surface area (Å²) in [5.41, 5.74) is 1.48. The summed E-state index contributed by atoms with van der Waals surface area (Å²) >= 11 is 2.39. The molecule has 4 aromatic rings. The van der Waals surface area contributed by atoms with Crippen LogP contribution in [0.25, 0.3) is 21.3 Å². The highest BCUT2D eigenvalue weighted by atomic mass is 32.1. The first-order chi connectivity index (χ1) is 12.6. The first-order valence-corrected chi connectivity index (χ1v) is 9.16. The Bertz CT molecular complexity index is 1190. The summed E-state index contributed by atoms with van der Waals surface area (Å²) in [4.78, 5) is 28.6. The number of nitrogens with zero attached hydrogens (tertiary/aromatic N) is 4. The molecule has 0 radical (unpaired) electrons. The Morgan fingerprint density at radius 2 is 2.00 bits per heavy atom. The molecule has 3 heterocycles. The Labute approximate surface area is 154 Å². The van der Waals surface area contributed by atoms with E-state index in [1.54, 1.807) is 6.07 Å². The van der Waals surface area contributed by atoms with Gasteiger partial charge in [0.15, 0.2) is 0 Å². The number of thiophene rings is 2. The van der Waals surface area contributed by atoms with E-state index in [-0.39, 0.29) is 10.6 Å². The van der Waals surface area contributed by atoms with Gasteiger partial charge in [0, 0.05) is 17.0 Å². The number of aromatic nitrogens is 2. The predicted molar refractivity (Wildman–Crippen MR) is 103 cm³/mol. The van der Waals surface area contributed by atoms with Crippen molar-refractivity contribution in [1.82, 2.24) is 9.66 Å². The van der Waals surface area contributed by atoms with Crippen molar-refractivity contribution in [3.63, 3.8) is 0 Å². The third-order valence-electron chi connectivity index (χ3n) is 3.66. The van der Waals surface area contributed by atoms with Gasteiger partial charge < -0.3 is 0 Å². The molecule has 0 saturated heterocycles. The van der Waals surface area contributed by atoms with Crippen LogP contribution in [0.5, 0.6) is 0 Å². The second kappa shape index (κ2) is 6.62. The molecule has 0 unspecified atom stereocenters. The first-order valence-electron chi connectivity index (χ1n) is 7.46. The van der Waals surface area contributed by atoms with Gasteiger partial charge in [-0.15, -0.1) is 11.3 Å². The minimum atomic E-state index is -0.459. The standard InChI is InChI=1S/C17H10N4O3S2/c22-17-15-13(11-4-2-1-3-5-11)9-25-16(15)18-10-20(17)19-8-12-6-7-14(26-12)21(23)24/h1-10H/b19-8-. The van der Waals surface area contributed by atoms with Crippen LogP contribution < -0.4 is 5.56 Å². The molecule has 9 heteroatoms. The van der Waals surface area contributed by atoms with Crippen molar-refractivity contribution in [2.45, 2.75) is 0 Å². The van der Waals surface area contributed by atoms with Crippen LogP contribution in [0.4, 0.5) is 5.00 Å². The van der Waals surface area contributed by atoms with Gasteiger partial charge in [0.05, 0.1) is 21.4 Å². The average Bonchev–Trinajstić information content (AvgIpc) is 3.29.